The summed E-state index contributed by atoms with van der Waals surface area (Å²) in [4.78, 5) is 20.5. The Morgan fingerprint density at radius 2 is 2.28 bits per heavy atom. The SMILES string of the molecule is O=C1Cc2cnc(Cl)nc2NC12CCCOCC2. The van der Waals surface area contributed by atoms with Gasteiger partial charge in [-0.25, -0.2) is 9.97 Å². The van der Waals surface area contributed by atoms with Crippen LogP contribution in [0.25, 0.3) is 0 Å². The second-order valence-electron chi connectivity index (χ2n) is 4.79. The van der Waals surface area contributed by atoms with E-state index in [2.05, 4.69) is 15.3 Å². The third kappa shape index (κ3) is 1.97. The quantitative estimate of drug-likeness (QED) is 0.724. The van der Waals surface area contributed by atoms with E-state index >= 15 is 0 Å². The first-order valence-corrected chi connectivity index (χ1v) is 6.48. The molecular formula is C12H14ClN3O2. The van der Waals surface area contributed by atoms with Crippen LogP contribution in [-0.4, -0.2) is 34.5 Å². The second kappa shape index (κ2) is 4.48. The van der Waals surface area contributed by atoms with Crippen molar-refractivity contribution in [2.45, 2.75) is 31.2 Å². The molecule has 3 heterocycles. The van der Waals surface area contributed by atoms with Crippen molar-refractivity contribution in [3.05, 3.63) is 17.0 Å². The summed E-state index contributed by atoms with van der Waals surface area (Å²) in [5.74, 6) is 0.892. The van der Waals surface area contributed by atoms with Gasteiger partial charge in [0.25, 0.3) is 0 Å². The van der Waals surface area contributed by atoms with E-state index in [-0.39, 0.29) is 11.1 Å². The molecule has 0 aromatic carbocycles. The van der Waals surface area contributed by atoms with Crippen molar-refractivity contribution in [1.82, 2.24) is 9.97 Å². The van der Waals surface area contributed by atoms with Gasteiger partial charge in [0.1, 0.15) is 5.82 Å². The molecular weight excluding hydrogens is 254 g/mol. The van der Waals surface area contributed by atoms with Gasteiger partial charge in [-0.3, -0.25) is 4.79 Å². The summed E-state index contributed by atoms with van der Waals surface area (Å²) >= 11 is 5.80. The average Bonchev–Trinajstić information content (AvgIpc) is 2.58. The van der Waals surface area contributed by atoms with E-state index in [4.69, 9.17) is 16.3 Å². The number of Topliss-reactive ketones (excluding diaryl/α,β-unsaturated/α-hetero) is 1. The Bertz CT molecular complexity index is 484. The van der Waals surface area contributed by atoms with E-state index < -0.39 is 5.54 Å². The van der Waals surface area contributed by atoms with E-state index in [0.717, 1.165) is 18.4 Å². The third-order valence-corrected chi connectivity index (χ3v) is 3.83. The number of nitrogens with one attached hydrogen (secondary N) is 1. The summed E-state index contributed by atoms with van der Waals surface area (Å²) in [6, 6.07) is 0. The predicted octanol–water partition coefficient (Wildman–Crippen LogP) is 1.61. The molecule has 1 saturated heterocycles. The highest BCUT2D eigenvalue weighted by molar-refractivity contribution is 6.28. The van der Waals surface area contributed by atoms with Crippen LogP contribution >= 0.6 is 11.6 Å². The van der Waals surface area contributed by atoms with Crippen LogP contribution in [0.5, 0.6) is 0 Å². The maximum absolute atomic E-state index is 12.4. The lowest BCUT2D eigenvalue weighted by Crippen LogP contribution is -2.50. The number of nitrogens with zero attached hydrogens (tertiary/aromatic N) is 2. The number of hydrogen-bond donors (Lipinski definition) is 1. The fraction of sp³-hybridized carbons (Fsp3) is 0.583. The summed E-state index contributed by atoms with van der Waals surface area (Å²) in [5.41, 5.74) is 0.293. The number of ether oxygens (including phenoxy) is 1. The number of fused-ring (bicyclic) bond motifs is 1. The lowest BCUT2D eigenvalue weighted by atomic mass is 9.81. The maximum atomic E-state index is 12.4. The first-order valence-electron chi connectivity index (χ1n) is 6.10. The molecule has 0 saturated carbocycles. The zero-order valence-electron chi connectivity index (χ0n) is 9.91. The van der Waals surface area contributed by atoms with Gasteiger partial charge < -0.3 is 10.1 Å². The zero-order valence-corrected chi connectivity index (χ0v) is 10.7. The van der Waals surface area contributed by atoms with Gasteiger partial charge in [0, 0.05) is 37.8 Å². The van der Waals surface area contributed by atoms with Gasteiger partial charge in [0.05, 0.1) is 5.54 Å². The molecule has 0 radical (unpaired) electrons. The normalized spacial score (nSPS) is 27.5. The monoisotopic (exact) mass is 267 g/mol. The fourth-order valence-corrected chi connectivity index (χ4v) is 2.75. The Labute approximate surface area is 110 Å². The van der Waals surface area contributed by atoms with Gasteiger partial charge in [-0.2, -0.15) is 0 Å². The first kappa shape index (κ1) is 11.9. The number of hydrogen-bond acceptors (Lipinski definition) is 5. The van der Waals surface area contributed by atoms with E-state index in [0.29, 0.717) is 31.9 Å². The summed E-state index contributed by atoms with van der Waals surface area (Å²) in [5, 5.41) is 3.48. The Balaban J connectivity index is 1.96. The molecule has 2 aliphatic heterocycles. The molecule has 1 atom stereocenters. The lowest BCUT2D eigenvalue weighted by Gasteiger charge is -2.36. The van der Waals surface area contributed by atoms with E-state index in [1.807, 2.05) is 0 Å². The summed E-state index contributed by atoms with van der Waals surface area (Å²) in [7, 11) is 0. The van der Waals surface area contributed by atoms with Crippen molar-refractivity contribution < 1.29 is 9.53 Å². The molecule has 6 heteroatoms. The van der Waals surface area contributed by atoms with Crippen molar-refractivity contribution in [3.8, 4) is 0 Å². The van der Waals surface area contributed by atoms with Gasteiger partial charge in [-0.05, 0) is 24.4 Å². The minimum absolute atomic E-state index is 0.200. The van der Waals surface area contributed by atoms with E-state index in [1.165, 1.54) is 0 Å². The third-order valence-electron chi connectivity index (χ3n) is 3.64. The number of carbonyl (C=O) groups excluding carboxylic acids is 1. The minimum Gasteiger partial charge on any atom is -0.381 e. The molecule has 1 unspecified atom stereocenters. The highest BCUT2D eigenvalue weighted by Crippen LogP contribution is 2.34. The Hall–Kier alpha value is -1.20. The smallest absolute Gasteiger partial charge is 0.224 e. The van der Waals surface area contributed by atoms with Crippen LogP contribution in [0.1, 0.15) is 24.8 Å². The van der Waals surface area contributed by atoms with Crippen molar-refractivity contribution in [1.29, 1.82) is 0 Å². The van der Waals surface area contributed by atoms with Crippen LogP contribution in [-0.2, 0) is 16.0 Å². The van der Waals surface area contributed by atoms with Gasteiger partial charge in [-0.1, -0.05) is 0 Å². The number of anilines is 1. The molecule has 1 spiro atoms. The average molecular weight is 268 g/mol. The van der Waals surface area contributed by atoms with Crippen LogP contribution in [0.15, 0.2) is 6.20 Å². The zero-order chi connectivity index (χ0) is 12.6. The van der Waals surface area contributed by atoms with Crippen LogP contribution in [0.3, 0.4) is 0 Å². The molecule has 1 N–H and O–H groups in total. The Morgan fingerprint density at radius 1 is 1.39 bits per heavy atom. The summed E-state index contributed by atoms with van der Waals surface area (Å²) in [6.07, 6.45) is 4.35. The van der Waals surface area contributed by atoms with Crippen LogP contribution < -0.4 is 5.32 Å². The number of carbonyl (C=O) groups is 1. The molecule has 5 nitrogen and oxygen atoms in total. The fourth-order valence-electron chi connectivity index (χ4n) is 2.61. The highest BCUT2D eigenvalue weighted by Gasteiger charge is 2.42. The number of rotatable bonds is 0. The molecule has 3 rings (SSSR count). The van der Waals surface area contributed by atoms with Crippen molar-refractivity contribution in [3.63, 3.8) is 0 Å². The molecule has 1 fully saturated rings. The van der Waals surface area contributed by atoms with Crippen molar-refractivity contribution in [2.24, 2.45) is 0 Å². The molecule has 96 valence electrons. The Kier molecular flexibility index (Phi) is 2.95. The Morgan fingerprint density at radius 3 is 3.17 bits per heavy atom. The van der Waals surface area contributed by atoms with E-state index in [9.17, 15) is 4.79 Å². The van der Waals surface area contributed by atoms with Crippen LogP contribution in [0.2, 0.25) is 5.28 Å². The topological polar surface area (TPSA) is 64.1 Å². The molecule has 18 heavy (non-hydrogen) atoms. The van der Waals surface area contributed by atoms with Gasteiger partial charge in [-0.15, -0.1) is 0 Å². The molecule has 0 bridgehead atoms. The number of aromatic nitrogens is 2. The standard InChI is InChI=1S/C12H14ClN3O2/c13-11-14-7-8-6-9(17)12(16-10(8)15-11)2-1-4-18-5-3-12/h7H,1-6H2,(H,14,15,16). The molecule has 0 amide bonds. The van der Waals surface area contributed by atoms with Crippen molar-refractivity contribution in [2.75, 3.05) is 18.5 Å². The summed E-state index contributed by atoms with van der Waals surface area (Å²) < 4.78 is 5.43. The van der Waals surface area contributed by atoms with Gasteiger partial charge in [0.2, 0.25) is 5.28 Å². The first-order chi connectivity index (χ1) is 8.70. The lowest BCUT2D eigenvalue weighted by molar-refractivity contribution is -0.123. The van der Waals surface area contributed by atoms with Gasteiger partial charge in [0.15, 0.2) is 5.78 Å². The maximum Gasteiger partial charge on any atom is 0.224 e. The largest absolute Gasteiger partial charge is 0.381 e. The highest BCUT2D eigenvalue weighted by atomic mass is 35.5. The van der Waals surface area contributed by atoms with Gasteiger partial charge >= 0.3 is 0 Å². The molecule has 0 aliphatic carbocycles. The predicted molar refractivity (Wildman–Crippen MR) is 66.8 cm³/mol. The molecule has 2 aliphatic rings. The number of halogens is 1. The van der Waals surface area contributed by atoms with Crippen molar-refractivity contribution >= 4 is 23.2 Å². The van der Waals surface area contributed by atoms with Crippen LogP contribution in [0, 0.1) is 0 Å². The summed E-state index contributed by atoms with van der Waals surface area (Å²) in [6.45, 7) is 1.32. The number of ketones is 1. The minimum atomic E-state index is -0.527. The second-order valence-corrected chi connectivity index (χ2v) is 5.12. The molecule has 1 aromatic rings. The molecule has 1 aromatic heterocycles. The van der Waals surface area contributed by atoms with E-state index in [1.54, 1.807) is 6.20 Å². The van der Waals surface area contributed by atoms with Crippen LogP contribution in [0.4, 0.5) is 5.82 Å².